The lowest BCUT2D eigenvalue weighted by molar-refractivity contribution is -0.138. The van der Waals surface area contributed by atoms with Gasteiger partial charge in [0.1, 0.15) is 47.0 Å². The van der Waals surface area contributed by atoms with Gasteiger partial charge in [-0.3, -0.25) is 19.9 Å². The van der Waals surface area contributed by atoms with Crippen molar-refractivity contribution in [1.29, 1.82) is 15.8 Å². The number of aryl methyl sites for hydroxylation is 1. The maximum atomic E-state index is 14.3. The molecule has 0 fully saturated rings. The molecule has 0 unspecified atom stereocenters. The van der Waals surface area contributed by atoms with Gasteiger partial charge in [-0.1, -0.05) is 29.8 Å². The van der Waals surface area contributed by atoms with Crippen molar-refractivity contribution in [2.45, 2.75) is 25.5 Å². The molecule has 0 radical (unpaired) electrons. The standard InChI is InChI=1S/C23H12ClF4N5O2.C23H13F4N5O2.C23H16F4N4O2.C22H13F2N5O2/c24-17-4-1-12(7-16(17)23(26,27)28)32-22(34)33-13-2-5-18(25)21(8-13)35-15-3-6-19-20(9-15)31-14(10-29)11-30-19;24-18-6-4-15(32-22(33)31-14-3-1-2-13(8-14)23(25,26)27)9-21(18)34-17-5-7-19-20(10-17)30-16(11-28)12-29-19;1-13-12-28-19-8-6-17(11-20(19)29-13)33-21-10-16(5-7-18(21)24)31-22(32)30-15-4-2-3-14(9-15)23(25,26)27;23-13-2-1-3-14(8-13)28-22(30)29-15-4-6-18(24)21(9-15)31-17-5-7-19-20(10-17)27-16(11-25)12-26-19/h1-9,11H,(H2,32,33,34);1-10,12H,(H2,31,32,33);2-12H,1H3,(H2,30,31,32);1-10,12H,(H2,28,29,30). The molecule has 0 saturated heterocycles. The molecule has 666 valence electrons. The molecule has 0 aliphatic rings. The van der Waals surface area contributed by atoms with Gasteiger partial charge in [-0.2, -0.15) is 55.3 Å². The molecule has 42 heteroatoms. The second-order valence-corrected chi connectivity index (χ2v) is 27.8. The number of urea groups is 4. The fourth-order valence-electron chi connectivity index (χ4n) is 11.7. The highest BCUT2D eigenvalue weighted by Crippen LogP contribution is 2.40. The highest BCUT2D eigenvalue weighted by Gasteiger charge is 2.35. The van der Waals surface area contributed by atoms with E-state index in [1.54, 1.807) is 55.6 Å². The molecule has 4 aromatic heterocycles. The van der Waals surface area contributed by atoms with Gasteiger partial charge in [-0.05, 0) is 177 Å². The molecule has 27 nitrogen and oxygen atoms in total. The molecule has 0 bridgehead atoms. The van der Waals surface area contributed by atoms with Crippen LogP contribution >= 0.6 is 11.6 Å². The summed E-state index contributed by atoms with van der Waals surface area (Å²) >= 11 is 5.57. The number of halogens is 15. The molecular formula is C91H54ClF14N19O8. The summed E-state index contributed by atoms with van der Waals surface area (Å²) in [4.78, 5) is 82.1. The zero-order valence-corrected chi connectivity index (χ0v) is 67.9. The molecular weight excluding hydrogens is 1790 g/mol. The van der Waals surface area contributed by atoms with Crippen LogP contribution in [0, 0.1) is 70.0 Å². The predicted octanol–water partition coefficient (Wildman–Crippen LogP) is 24.6. The number of hydrogen-bond acceptors (Lipinski definition) is 19. The zero-order valence-electron chi connectivity index (χ0n) is 67.2. The van der Waals surface area contributed by atoms with Crippen molar-refractivity contribution >= 4 is 125 Å². The van der Waals surface area contributed by atoms with E-state index < -0.39 is 93.5 Å². The molecule has 16 rings (SSSR count). The van der Waals surface area contributed by atoms with Crippen LogP contribution in [0.1, 0.15) is 39.5 Å². The lowest BCUT2D eigenvalue weighted by Gasteiger charge is -2.13. The molecule has 8 amide bonds. The van der Waals surface area contributed by atoms with Crippen LogP contribution in [0.5, 0.6) is 46.0 Å². The molecule has 133 heavy (non-hydrogen) atoms. The fourth-order valence-corrected chi connectivity index (χ4v) is 11.9. The average molecular weight is 1840 g/mol. The van der Waals surface area contributed by atoms with E-state index in [0.29, 0.717) is 61.6 Å². The normalized spacial score (nSPS) is 11.0. The smallest absolute Gasteiger partial charge is 0.417 e. The topological polar surface area (TPSA) is 376 Å². The summed E-state index contributed by atoms with van der Waals surface area (Å²) in [5, 5.41) is 45.5. The Morgan fingerprint density at radius 1 is 0.308 bits per heavy atom. The zero-order chi connectivity index (χ0) is 94.8. The third-order valence-corrected chi connectivity index (χ3v) is 18.0. The number of benzene rings is 12. The lowest BCUT2D eigenvalue weighted by Crippen LogP contribution is -2.20. The van der Waals surface area contributed by atoms with Crippen LogP contribution in [0.25, 0.3) is 44.1 Å². The molecule has 16 aromatic rings. The molecule has 0 spiro atoms. The number of carbonyl (C=O) groups excluding carboxylic acids is 4. The molecule has 0 saturated carbocycles. The van der Waals surface area contributed by atoms with E-state index in [1.807, 2.05) is 18.2 Å². The number of carbonyl (C=O) groups is 4. The first kappa shape index (κ1) is 92.7. The minimum atomic E-state index is -4.70. The highest BCUT2D eigenvalue weighted by molar-refractivity contribution is 6.31. The van der Waals surface area contributed by atoms with Gasteiger partial charge >= 0.3 is 42.7 Å². The molecule has 0 aliphatic heterocycles. The first-order valence-corrected chi connectivity index (χ1v) is 38.3. The van der Waals surface area contributed by atoms with Gasteiger partial charge in [0.15, 0.2) is 63.3 Å². The van der Waals surface area contributed by atoms with Gasteiger partial charge < -0.3 is 61.5 Å². The Balaban J connectivity index is 0.000000151. The largest absolute Gasteiger partial charge is 0.454 e. The van der Waals surface area contributed by atoms with Gasteiger partial charge in [-0.25, -0.2) is 61.1 Å². The van der Waals surface area contributed by atoms with Crippen LogP contribution in [-0.4, -0.2) is 64.0 Å². The van der Waals surface area contributed by atoms with Crippen LogP contribution in [0.3, 0.4) is 0 Å². The van der Waals surface area contributed by atoms with Gasteiger partial charge in [-0.15, -0.1) is 0 Å². The summed E-state index contributed by atoms with van der Waals surface area (Å²) in [5.74, 6) is -3.02. The number of nitrogens with zero attached hydrogens (tertiary/aromatic N) is 11. The number of amides is 8. The van der Waals surface area contributed by atoms with E-state index in [0.717, 1.165) is 60.7 Å². The summed E-state index contributed by atoms with van der Waals surface area (Å²) in [7, 11) is 0. The van der Waals surface area contributed by atoms with Crippen LogP contribution < -0.4 is 61.5 Å². The highest BCUT2D eigenvalue weighted by atomic mass is 35.5. The second-order valence-electron chi connectivity index (χ2n) is 27.4. The molecule has 0 aliphatic carbocycles. The summed E-state index contributed by atoms with van der Waals surface area (Å²) in [6.45, 7) is 1.79. The Hall–Kier alpha value is -17.9. The van der Waals surface area contributed by atoms with Crippen LogP contribution in [0.2, 0.25) is 5.02 Å². The van der Waals surface area contributed by atoms with Gasteiger partial charge in [0, 0.05) is 100 Å². The molecule has 0 atom stereocenters. The fraction of sp³-hybridized carbons (Fsp3) is 0.0440. The van der Waals surface area contributed by atoms with Crippen molar-refractivity contribution in [3.8, 4) is 64.2 Å². The van der Waals surface area contributed by atoms with Crippen LogP contribution in [0.15, 0.2) is 261 Å². The van der Waals surface area contributed by atoms with Crippen molar-refractivity contribution in [2.24, 2.45) is 0 Å². The van der Waals surface area contributed by atoms with E-state index in [-0.39, 0.29) is 103 Å². The van der Waals surface area contributed by atoms with Gasteiger partial charge in [0.25, 0.3) is 0 Å². The van der Waals surface area contributed by atoms with Crippen molar-refractivity contribution in [1.82, 2.24) is 39.9 Å². The molecule has 12 aromatic carbocycles. The van der Waals surface area contributed by atoms with E-state index in [4.69, 9.17) is 46.3 Å². The Labute approximate surface area is 744 Å². The Kier molecular flexibility index (Phi) is 28.4. The Morgan fingerprint density at radius 3 is 0.887 bits per heavy atom. The number of hydrogen-bond donors (Lipinski definition) is 8. The van der Waals surface area contributed by atoms with E-state index in [9.17, 15) is 80.6 Å². The second kappa shape index (κ2) is 40.8. The monoisotopic (exact) mass is 1840 g/mol. The third kappa shape index (κ3) is 25.5. The van der Waals surface area contributed by atoms with Gasteiger partial charge in [0.2, 0.25) is 0 Å². The third-order valence-electron chi connectivity index (χ3n) is 17.7. The first-order valence-electron chi connectivity index (χ1n) is 37.9. The van der Waals surface area contributed by atoms with Crippen molar-refractivity contribution in [2.75, 3.05) is 42.5 Å². The average Bonchev–Trinajstić information content (AvgIpc) is 0.822. The van der Waals surface area contributed by atoms with E-state index in [2.05, 4.69) is 82.4 Å². The molecule has 4 heterocycles. The van der Waals surface area contributed by atoms with E-state index in [1.165, 1.54) is 146 Å². The number of fused-ring (bicyclic) bond motifs is 4. The SMILES string of the molecule is Cc1cnc2ccc(Oc3cc(NC(=O)Nc4cccc(C(F)(F)F)c4)ccc3F)cc2n1.N#Cc1cnc2ccc(Oc3cc(NC(=O)Nc4ccc(Cl)c(C(F)(F)F)c4)ccc3F)cc2n1.N#Cc1cnc2ccc(Oc3cc(NC(=O)Nc4cccc(C(F)(F)F)c4)ccc3F)cc2n1.N#Cc1cnc2ccc(Oc3cc(NC(=O)Nc4cccc(F)c4)ccc3F)cc2n1. The quantitative estimate of drug-likeness (QED) is 0.0417. The predicted molar refractivity (Wildman–Crippen MR) is 459 cm³/mol. The number of nitrogens with one attached hydrogen (secondary N) is 8. The minimum Gasteiger partial charge on any atom is -0.454 e. The summed E-state index contributed by atoms with van der Waals surface area (Å²) < 4.78 is 209. The van der Waals surface area contributed by atoms with Crippen LogP contribution in [0.4, 0.5) is 126 Å². The number of anilines is 8. The number of ether oxygens (including phenoxy) is 4. The maximum Gasteiger partial charge on any atom is 0.417 e. The number of rotatable bonds is 16. The molecule has 8 N–H and O–H groups in total. The summed E-state index contributed by atoms with van der Waals surface area (Å²) in [6, 6.07) is 52.4. The van der Waals surface area contributed by atoms with Crippen molar-refractivity contribution in [3.63, 3.8) is 0 Å². The van der Waals surface area contributed by atoms with Gasteiger partial charge in [0.05, 0.1) is 90.1 Å². The van der Waals surface area contributed by atoms with Crippen LogP contribution in [-0.2, 0) is 18.5 Å². The number of alkyl halides is 9. The van der Waals surface area contributed by atoms with E-state index >= 15 is 0 Å². The number of nitriles is 3. The Morgan fingerprint density at radius 2 is 0.586 bits per heavy atom. The number of aromatic nitrogens is 8. The summed E-state index contributed by atoms with van der Waals surface area (Å²) in [5.41, 5.74) is 2.76. The summed E-state index contributed by atoms with van der Waals surface area (Å²) in [6.07, 6.45) is -8.17. The Bertz CT molecular complexity index is 7310. The lowest BCUT2D eigenvalue weighted by atomic mass is 10.2. The minimum absolute atomic E-state index is 0.0477. The maximum absolute atomic E-state index is 14.3. The van der Waals surface area contributed by atoms with Crippen molar-refractivity contribution < 1.29 is 99.6 Å². The first-order chi connectivity index (χ1) is 63.5. The van der Waals surface area contributed by atoms with Crippen molar-refractivity contribution in [3.05, 3.63) is 335 Å².